The molecule has 0 saturated heterocycles. The van der Waals surface area contributed by atoms with Crippen LogP contribution in [0.5, 0.6) is 11.5 Å². The maximum absolute atomic E-state index is 14.0. The number of ether oxygens (including phenoxy) is 2. The first-order chi connectivity index (χ1) is 15.4. The van der Waals surface area contributed by atoms with E-state index >= 15 is 0 Å². The topological polar surface area (TPSA) is 77.0 Å². The van der Waals surface area contributed by atoms with Crippen molar-refractivity contribution in [1.82, 2.24) is 9.80 Å². The number of allylic oxidation sites excluding steroid dienone is 2. The number of hydrogen-bond acceptors (Lipinski definition) is 6. The molecule has 0 bridgehead atoms. The van der Waals surface area contributed by atoms with Crippen molar-refractivity contribution in [2.45, 2.75) is 46.2 Å². The molecule has 33 heavy (non-hydrogen) atoms. The van der Waals surface area contributed by atoms with E-state index in [-0.39, 0.29) is 25.2 Å². The monoisotopic (exact) mass is 464 g/mol. The molecule has 9 heteroatoms. The highest BCUT2D eigenvalue weighted by molar-refractivity contribution is 5.54. The lowest BCUT2D eigenvalue weighted by molar-refractivity contribution is -0.182. The second-order valence-electron chi connectivity index (χ2n) is 9.46. The molecule has 0 amide bonds. The van der Waals surface area contributed by atoms with Gasteiger partial charge in [0, 0.05) is 54.6 Å². The van der Waals surface area contributed by atoms with Crippen LogP contribution in [0.3, 0.4) is 0 Å². The number of alkyl halides is 3. The summed E-state index contributed by atoms with van der Waals surface area (Å²) in [5.41, 5.74) is 14.5. The van der Waals surface area contributed by atoms with Gasteiger partial charge in [0.2, 0.25) is 6.79 Å². The maximum atomic E-state index is 14.0. The van der Waals surface area contributed by atoms with Gasteiger partial charge < -0.3 is 25.8 Å². The zero-order valence-electron chi connectivity index (χ0n) is 19.4. The fourth-order valence-corrected chi connectivity index (χ4v) is 5.15. The van der Waals surface area contributed by atoms with Crippen LogP contribution >= 0.6 is 0 Å². The molecule has 4 rings (SSSR count). The van der Waals surface area contributed by atoms with E-state index < -0.39 is 17.5 Å². The highest BCUT2D eigenvalue weighted by Gasteiger charge is 2.52. The first-order valence-electron chi connectivity index (χ1n) is 10.9. The molecule has 0 fully saturated rings. The second-order valence-corrected chi connectivity index (χ2v) is 9.46. The van der Waals surface area contributed by atoms with Crippen molar-refractivity contribution in [2.24, 2.45) is 22.8 Å². The van der Waals surface area contributed by atoms with Crippen LogP contribution in [0.1, 0.15) is 31.9 Å². The van der Waals surface area contributed by atoms with Gasteiger partial charge in [0.05, 0.1) is 12.1 Å². The van der Waals surface area contributed by atoms with Crippen LogP contribution in [0.15, 0.2) is 47.3 Å². The van der Waals surface area contributed by atoms with Crippen LogP contribution in [-0.4, -0.2) is 42.5 Å². The normalized spacial score (nSPS) is 22.8. The number of rotatable bonds is 5. The molecule has 6 nitrogen and oxygen atoms in total. The minimum Gasteiger partial charge on any atom is -0.454 e. The van der Waals surface area contributed by atoms with Gasteiger partial charge in [-0.25, -0.2) is 0 Å². The predicted molar refractivity (Wildman–Crippen MR) is 120 cm³/mol. The number of nitrogens with zero attached hydrogens (tertiary/aromatic N) is 2. The molecule has 1 aliphatic carbocycles. The third-order valence-corrected chi connectivity index (χ3v) is 7.25. The Kier molecular flexibility index (Phi) is 5.69. The molecule has 4 N–H and O–H groups in total. The van der Waals surface area contributed by atoms with E-state index in [1.54, 1.807) is 13.8 Å². The lowest BCUT2D eigenvalue weighted by atomic mass is 9.66. The first kappa shape index (κ1) is 23.5. The third kappa shape index (κ3) is 3.77. The van der Waals surface area contributed by atoms with Crippen LogP contribution in [0.4, 0.5) is 13.2 Å². The summed E-state index contributed by atoms with van der Waals surface area (Å²) in [5.74, 6) is -0.195. The van der Waals surface area contributed by atoms with E-state index in [4.69, 9.17) is 20.9 Å². The molecule has 2 aliphatic heterocycles. The van der Waals surface area contributed by atoms with Crippen molar-refractivity contribution in [3.63, 3.8) is 0 Å². The molecule has 1 aromatic carbocycles. The highest BCUT2D eigenvalue weighted by Crippen LogP contribution is 2.52. The molecule has 2 heterocycles. The number of nitrogens with two attached hydrogens (primary N) is 2. The Morgan fingerprint density at radius 1 is 1.30 bits per heavy atom. The van der Waals surface area contributed by atoms with Crippen LogP contribution in [0.25, 0.3) is 0 Å². The van der Waals surface area contributed by atoms with Crippen LogP contribution in [0.2, 0.25) is 0 Å². The van der Waals surface area contributed by atoms with Gasteiger partial charge in [-0.05, 0) is 24.1 Å². The van der Waals surface area contributed by atoms with Gasteiger partial charge in [0.15, 0.2) is 11.5 Å². The Morgan fingerprint density at radius 3 is 2.64 bits per heavy atom. The van der Waals surface area contributed by atoms with Gasteiger partial charge in [0.1, 0.15) is 0 Å². The molecule has 0 saturated carbocycles. The maximum Gasteiger partial charge on any atom is 0.396 e. The lowest BCUT2D eigenvalue weighted by Gasteiger charge is -2.45. The highest BCUT2D eigenvalue weighted by atomic mass is 19.4. The molecular weight excluding hydrogens is 433 g/mol. The molecule has 1 aromatic rings. The largest absolute Gasteiger partial charge is 0.454 e. The minimum absolute atomic E-state index is 0.0703. The Morgan fingerprint density at radius 2 is 2.00 bits per heavy atom. The van der Waals surface area contributed by atoms with Gasteiger partial charge in [-0.3, -0.25) is 4.90 Å². The van der Waals surface area contributed by atoms with Crippen LogP contribution in [0, 0.1) is 11.3 Å². The molecule has 2 unspecified atom stereocenters. The Balaban J connectivity index is 1.61. The summed E-state index contributed by atoms with van der Waals surface area (Å²) >= 11 is 0. The summed E-state index contributed by atoms with van der Waals surface area (Å²) < 4.78 is 53.0. The third-order valence-electron chi connectivity index (χ3n) is 7.25. The molecule has 180 valence electrons. The van der Waals surface area contributed by atoms with Crippen molar-refractivity contribution in [3.8, 4) is 11.5 Å². The molecule has 0 spiro atoms. The average Bonchev–Trinajstić information content (AvgIpc) is 3.37. The number of fused-ring (bicyclic) bond motifs is 3. The smallest absolute Gasteiger partial charge is 0.396 e. The summed E-state index contributed by atoms with van der Waals surface area (Å²) in [7, 11) is 1.83. The van der Waals surface area contributed by atoms with Crippen LogP contribution in [-0.2, 0) is 13.1 Å². The fourth-order valence-electron chi connectivity index (χ4n) is 5.15. The summed E-state index contributed by atoms with van der Waals surface area (Å²) in [6, 6.07) is 3.94. The Labute approximate surface area is 192 Å². The van der Waals surface area contributed by atoms with Crippen molar-refractivity contribution in [2.75, 3.05) is 20.4 Å². The Hall–Kier alpha value is -2.65. The quantitative estimate of drug-likeness (QED) is 0.690. The van der Waals surface area contributed by atoms with E-state index in [1.165, 1.54) is 0 Å². The number of benzene rings is 1. The first-order valence-corrected chi connectivity index (χ1v) is 10.9. The van der Waals surface area contributed by atoms with Gasteiger partial charge >= 0.3 is 6.18 Å². The molecular formula is C24H31F3N4O2. The van der Waals surface area contributed by atoms with E-state index in [2.05, 4.69) is 11.5 Å². The SMILES string of the molecule is C=C(C1=C(N)C(CN)=CC(C(F)(F)F)C1(C)C)N(C)C(C)N1Cc2ccc3c(c2C1)OCO3. The van der Waals surface area contributed by atoms with Crippen molar-refractivity contribution < 1.29 is 22.6 Å². The van der Waals surface area contributed by atoms with Gasteiger partial charge in [-0.2, -0.15) is 13.2 Å². The molecule has 2 atom stereocenters. The zero-order valence-corrected chi connectivity index (χ0v) is 19.4. The van der Waals surface area contributed by atoms with E-state index in [1.807, 2.05) is 31.0 Å². The fraction of sp³-hybridized carbons (Fsp3) is 0.500. The van der Waals surface area contributed by atoms with E-state index in [9.17, 15) is 13.2 Å². The standard InChI is InChI=1S/C24H31F3N4O2/c1-13(20-21(29)16(9-28)8-19(23(20,3)4)24(25,26)27)30(5)14(2)31-10-15-6-7-18-22(17(15)11-31)33-12-32-18/h6-8,14,19H,1,9-12,28-29H2,2-5H3. The zero-order chi connectivity index (χ0) is 24.3. The molecule has 3 aliphatic rings. The number of likely N-dealkylation sites (N-methyl/N-ethyl adjacent to an activating group) is 1. The van der Waals surface area contributed by atoms with Crippen LogP contribution < -0.4 is 20.9 Å². The van der Waals surface area contributed by atoms with Crippen molar-refractivity contribution in [3.05, 3.63) is 58.5 Å². The van der Waals surface area contributed by atoms with Gasteiger partial charge in [-0.1, -0.05) is 32.6 Å². The average molecular weight is 465 g/mol. The van der Waals surface area contributed by atoms with Crippen molar-refractivity contribution >= 4 is 0 Å². The summed E-state index contributed by atoms with van der Waals surface area (Å²) in [6.45, 7) is 10.8. The summed E-state index contributed by atoms with van der Waals surface area (Å²) in [4.78, 5) is 4.10. The number of halogens is 3. The van der Waals surface area contributed by atoms with Crippen molar-refractivity contribution in [1.29, 1.82) is 0 Å². The number of hydrogen-bond donors (Lipinski definition) is 2. The summed E-state index contributed by atoms with van der Waals surface area (Å²) in [6.07, 6.45) is -3.43. The van der Waals surface area contributed by atoms with E-state index in [0.717, 1.165) is 28.7 Å². The second kappa shape index (κ2) is 7.99. The van der Waals surface area contributed by atoms with Gasteiger partial charge in [0.25, 0.3) is 0 Å². The summed E-state index contributed by atoms with van der Waals surface area (Å²) in [5, 5.41) is 0. The predicted octanol–water partition coefficient (Wildman–Crippen LogP) is 3.84. The van der Waals surface area contributed by atoms with Gasteiger partial charge in [-0.15, -0.1) is 0 Å². The lowest BCUT2D eigenvalue weighted by Crippen LogP contribution is -2.46. The van der Waals surface area contributed by atoms with E-state index in [0.29, 0.717) is 29.9 Å². The molecule has 0 aromatic heterocycles. The Bertz CT molecular complexity index is 1040. The molecule has 0 radical (unpaired) electrons. The minimum atomic E-state index is -4.43.